The molecule has 0 aliphatic carbocycles. The SMILES string of the molecule is CCCCCCCCCCCC(=O)O.CCCCCCCCCCCC(=O)O.CCCCCCCCCCCC(=O)O.OCC(O)CO.OCC(O)CO.OCC(O)CO.OCC(O)CO. The summed E-state index contributed by atoms with van der Waals surface area (Å²) < 4.78 is 0. The van der Waals surface area contributed by atoms with Crippen molar-refractivity contribution in [3.8, 4) is 0 Å². The molecule has 404 valence electrons. The Morgan fingerprint density at radius 2 is 0.379 bits per heavy atom. The van der Waals surface area contributed by atoms with Crippen molar-refractivity contribution in [2.45, 2.75) is 238 Å². The molecule has 0 aromatic carbocycles. The van der Waals surface area contributed by atoms with E-state index in [1.54, 1.807) is 0 Å². The number of carboxylic acid groups (broad SMARTS) is 3. The summed E-state index contributed by atoms with van der Waals surface area (Å²) in [6.45, 7) is 3.77. The van der Waals surface area contributed by atoms with Gasteiger partial charge in [-0.1, -0.05) is 175 Å². The van der Waals surface area contributed by atoms with Crippen molar-refractivity contribution < 1.29 is 91.0 Å². The Kier molecular flexibility index (Phi) is 88.1. The van der Waals surface area contributed by atoms with Gasteiger partial charge in [0.1, 0.15) is 24.4 Å². The number of carbonyl (C=O) groups is 3. The van der Waals surface area contributed by atoms with Gasteiger partial charge in [0.2, 0.25) is 0 Å². The van der Waals surface area contributed by atoms with Crippen LogP contribution in [0.15, 0.2) is 0 Å². The van der Waals surface area contributed by atoms with Crippen molar-refractivity contribution in [3.05, 3.63) is 0 Å². The van der Waals surface area contributed by atoms with Crippen LogP contribution in [-0.4, -0.2) is 172 Å². The first kappa shape index (κ1) is 78.1. The van der Waals surface area contributed by atoms with Crippen LogP contribution in [0.2, 0.25) is 0 Å². The van der Waals surface area contributed by atoms with Gasteiger partial charge in [-0.15, -0.1) is 0 Å². The third-order valence-electron chi connectivity index (χ3n) is 9.17. The normalized spacial score (nSPS) is 10.2. The first-order valence-electron chi connectivity index (χ1n) is 24.8. The van der Waals surface area contributed by atoms with E-state index in [0.29, 0.717) is 19.3 Å². The molecule has 0 aliphatic rings. The molecule has 0 fully saturated rings. The zero-order valence-corrected chi connectivity index (χ0v) is 41.6. The van der Waals surface area contributed by atoms with Crippen molar-refractivity contribution in [2.24, 2.45) is 0 Å². The monoisotopic (exact) mass is 969 g/mol. The molecule has 66 heavy (non-hydrogen) atoms. The van der Waals surface area contributed by atoms with Crippen molar-refractivity contribution in [1.82, 2.24) is 0 Å². The van der Waals surface area contributed by atoms with Crippen LogP contribution < -0.4 is 0 Å². The van der Waals surface area contributed by atoms with E-state index in [9.17, 15) is 14.4 Å². The lowest BCUT2D eigenvalue weighted by molar-refractivity contribution is -0.138. The van der Waals surface area contributed by atoms with Gasteiger partial charge in [0.05, 0.1) is 52.9 Å². The minimum Gasteiger partial charge on any atom is -0.481 e. The molecule has 0 rings (SSSR count). The number of aliphatic hydroxyl groups excluding tert-OH is 12. The van der Waals surface area contributed by atoms with Crippen molar-refractivity contribution in [3.63, 3.8) is 0 Å². The molecular formula is C48H104O18. The summed E-state index contributed by atoms with van der Waals surface area (Å²) in [6, 6.07) is 0. The summed E-state index contributed by atoms with van der Waals surface area (Å²) in [5.41, 5.74) is 0. The largest absolute Gasteiger partial charge is 0.481 e. The van der Waals surface area contributed by atoms with Crippen molar-refractivity contribution in [1.29, 1.82) is 0 Å². The lowest BCUT2D eigenvalue weighted by atomic mass is 10.1. The Labute approximate surface area is 398 Å². The van der Waals surface area contributed by atoms with Gasteiger partial charge in [0, 0.05) is 19.3 Å². The van der Waals surface area contributed by atoms with Gasteiger partial charge >= 0.3 is 17.9 Å². The topological polar surface area (TPSA) is 355 Å². The number of hydrogen-bond donors (Lipinski definition) is 15. The van der Waals surface area contributed by atoms with Crippen LogP contribution >= 0.6 is 0 Å². The van der Waals surface area contributed by atoms with Crippen LogP contribution in [-0.2, 0) is 14.4 Å². The number of hydrogen-bond acceptors (Lipinski definition) is 15. The average molecular weight is 969 g/mol. The molecule has 18 nitrogen and oxygen atoms in total. The van der Waals surface area contributed by atoms with E-state index in [-0.39, 0.29) is 52.9 Å². The highest BCUT2D eigenvalue weighted by molar-refractivity contribution is 5.67. The summed E-state index contributed by atoms with van der Waals surface area (Å²) >= 11 is 0. The standard InChI is InChI=1S/3C12H24O2.4C3H8O3/c3*1-2-3-4-5-6-7-8-9-10-11-12(13)14;4*4-1-3(6)2-5/h3*2-11H2,1H3,(H,13,14);4*3-6H,1-2H2. The second-order valence-corrected chi connectivity index (χ2v) is 16.0. The summed E-state index contributed by atoms with van der Waals surface area (Å²) in [6.07, 6.45) is 30.6. The van der Waals surface area contributed by atoms with Gasteiger partial charge < -0.3 is 76.6 Å². The molecule has 15 N–H and O–H groups in total. The summed E-state index contributed by atoms with van der Waals surface area (Å²) in [4.78, 5) is 30.6. The quantitative estimate of drug-likeness (QED) is 0.0349. The Balaban J connectivity index is -0.000000128. The molecule has 0 amide bonds. The summed E-state index contributed by atoms with van der Waals surface area (Å²) in [5, 5.41) is 121. The van der Waals surface area contributed by atoms with Crippen LogP contribution in [0, 0.1) is 0 Å². The summed E-state index contributed by atoms with van der Waals surface area (Å²) in [7, 11) is 0. The maximum absolute atomic E-state index is 10.2. The van der Waals surface area contributed by atoms with E-state index in [0.717, 1.165) is 38.5 Å². The number of rotatable bonds is 38. The molecule has 0 aromatic rings. The van der Waals surface area contributed by atoms with Gasteiger partial charge in [0.25, 0.3) is 0 Å². The van der Waals surface area contributed by atoms with Crippen LogP contribution in [0.1, 0.15) is 213 Å². The van der Waals surface area contributed by atoms with E-state index < -0.39 is 42.3 Å². The lowest BCUT2D eigenvalue weighted by Gasteiger charge is -2.00. The molecule has 0 spiro atoms. The minimum atomic E-state index is -0.954. The third kappa shape index (κ3) is 104. The maximum Gasteiger partial charge on any atom is 0.303 e. The highest BCUT2D eigenvalue weighted by Gasteiger charge is 1.99. The fourth-order valence-corrected chi connectivity index (χ4v) is 4.99. The average Bonchev–Trinajstić information content (AvgIpc) is 3.32. The first-order chi connectivity index (χ1) is 31.5. The van der Waals surface area contributed by atoms with E-state index in [4.69, 9.17) is 76.6 Å². The van der Waals surface area contributed by atoms with E-state index in [1.165, 1.54) is 135 Å². The van der Waals surface area contributed by atoms with Gasteiger partial charge in [-0.2, -0.15) is 0 Å². The molecule has 0 saturated carbocycles. The second-order valence-electron chi connectivity index (χ2n) is 16.0. The highest BCUT2D eigenvalue weighted by Crippen LogP contribution is 2.12. The van der Waals surface area contributed by atoms with Crippen molar-refractivity contribution >= 4 is 17.9 Å². The fraction of sp³-hybridized carbons (Fsp3) is 0.938. The van der Waals surface area contributed by atoms with Crippen molar-refractivity contribution in [2.75, 3.05) is 52.9 Å². The molecular weight excluding hydrogens is 865 g/mol. The van der Waals surface area contributed by atoms with Gasteiger partial charge in [0.15, 0.2) is 0 Å². The van der Waals surface area contributed by atoms with Gasteiger partial charge in [-0.3, -0.25) is 14.4 Å². The number of carboxylic acids is 3. The second kappa shape index (κ2) is 74.5. The zero-order chi connectivity index (χ0) is 51.9. The number of aliphatic carboxylic acids is 3. The predicted molar refractivity (Wildman–Crippen MR) is 259 cm³/mol. The molecule has 0 heterocycles. The van der Waals surface area contributed by atoms with Gasteiger partial charge in [-0.05, 0) is 19.3 Å². The van der Waals surface area contributed by atoms with Crippen LogP contribution in [0.25, 0.3) is 0 Å². The number of unbranched alkanes of at least 4 members (excludes halogenated alkanes) is 24. The Morgan fingerprint density at radius 1 is 0.258 bits per heavy atom. The lowest BCUT2D eigenvalue weighted by Crippen LogP contribution is -2.15. The molecule has 0 unspecified atom stereocenters. The first-order valence-corrected chi connectivity index (χ1v) is 24.8. The Morgan fingerprint density at radius 3 is 0.470 bits per heavy atom. The molecule has 0 aromatic heterocycles. The molecule has 0 saturated heterocycles. The zero-order valence-electron chi connectivity index (χ0n) is 41.6. The van der Waals surface area contributed by atoms with Crippen LogP contribution in [0.3, 0.4) is 0 Å². The van der Waals surface area contributed by atoms with E-state index in [2.05, 4.69) is 20.8 Å². The third-order valence-corrected chi connectivity index (χ3v) is 9.17. The molecule has 18 heteroatoms. The highest BCUT2D eigenvalue weighted by atomic mass is 16.4. The number of aliphatic hydroxyl groups is 12. The molecule has 0 radical (unpaired) electrons. The predicted octanol–water partition coefficient (Wildman–Crippen LogP) is 5.30. The van der Waals surface area contributed by atoms with E-state index >= 15 is 0 Å². The van der Waals surface area contributed by atoms with E-state index in [1.807, 2.05) is 0 Å². The fourth-order valence-electron chi connectivity index (χ4n) is 4.99. The molecule has 0 aliphatic heterocycles. The van der Waals surface area contributed by atoms with Gasteiger partial charge in [-0.25, -0.2) is 0 Å². The Hall–Kier alpha value is -2.07. The molecule has 0 bridgehead atoms. The maximum atomic E-state index is 10.2. The summed E-state index contributed by atoms with van der Waals surface area (Å²) in [5.74, 6) is -1.98. The smallest absolute Gasteiger partial charge is 0.303 e. The molecule has 0 atom stereocenters. The van der Waals surface area contributed by atoms with Crippen LogP contribution in [0.5, 0.6) is 0 Å². The Bertz CT molecular complexity index is 740. The van der Waals surface area contributed by atoms with Crippen LogP contribution in [0.4, 0.5) is 0 Å². The minimum absolute atomic E-state index is 0.343.